The summed E-state index contributed by atoms with van der Waals surface area (Å²) < 4.78 is 17.6. The molecule has 1 fully saturated rings. The fourth-order valence-electron chi connectivity index (χ4n) is 2.86. The summed E-state index contributed by atoms with van der Waals surface area (Å²) in [6.45, 7) is 14.6. The van der Waals surface area contributed by atoms with E-state index in [9.17, 15) is 4.79 Å². The Labute approximate surface area is 158 Å². The van der Waals surface area contributed by atoms with Crippen LogP contribution in [0.4, 0.5) is 0 Å². The molecule has 0 radical (unpaired) electrons. The molecule has 5 heteroatoms. The molecule has 0 amide bonds. The van der Waals surface area contributed by atoms with Crippen molar-refractivity contribution in [2.45, 2.75) is 78.9 Å². The van der Waals surface area contributed by atoms with Crippen molar-refractivity contribution in [2.75, 3.05) is 6.61 Å². The quantitative estimate of drug-likeness (QED) is 0.420. The maximum Gasteiger partial charge on any atom is 0.494 e. The van der Waals surface area contributed by atoms with Crippen molar-refractivity contribution in [3.63, 3.8) is 0 Å². The van der Waals surface area contributed by atoms with Crippen LogP contribution in [0.2, 0.25) is 0 Å². The average Bonchev–Trinajstić information content (AvgIpc) is 2.76. The lowest BCUT2D eigenvalue weighted by atomic mass is 9.77. The minimum atomic E-state index is -0.542. The molecule has 1 heterocycles. The van der Waals surface area contributed by atoms with E-state index >= 15 is 0 Å². The van der Waals surface area contributed by atoms with Crippen molar-refractivity contribution in [3.05, 3.63) is 29.8 Å². The van der Waals surface area contributed by atoms with Crippen molar-refractivity contribution >= 4 is 18.6 Å². The molecule has 0 saturated carbocycles. The highest BCUT2D eigenvalue weighted by atomic mass is 16.7. The van der Waals surface area contributed by atoms with Crippen LogP contribution in [-0.4, -0.2) is 30.9 Å². The average molecular weight is 360 g/mol. The van der Waals surface area contributed by atoms with Gasteiger partial charge in [-0.2, -0.15) is 0 Å². The number of esters is 1. The highest BCUT2D eigenvalue weighted by molar-refractivity contribution is 6.62. The second-order valence-electron chi connectivity index (χ2n) is 8.88. The van der Waals surface area contributed by atoms with Gasteiger partial charge in [0, 0.05) is 0 Å². The zero-order chi connectivity index (χ0) is 19.6. The summed E-state index contributed by atoms with van der Waals surface area (Å²) in [5.74, 6) is -0.138. The van der Waals surface area contributed by atoms with Crippen LogP contribution in [0, 0.1) is 5.41 Å². The molecule has 0 aliphatic carbocycles. The van der Waals surface area contributed by atoms with Gasteiger partial charge >= 0.3 is 13.1 Å². The second kappa shape index (κ2) is 7.73. The molecule has 0 N–H and O–H groups in total. The number of carbonyl (C=O) groups is 1. The van der Waals surface area contributed by atoms with Gasteiger partial charge in [0.05, 0.1) is 23.2 Å². The number of unbranched alkanes of at least 4 members (excludes halogenated alkanes) is 1. The largest absolute Gasteiger partial charge is 0.494 e. The predicted molar refractivity (Wildman–Crippen MR) is 106 cm³/mol. The number of hydrogen-bond donors (Lipinski definition) is 0. The molecular formula is C21H33BO4. The Morgan fingerprint density at radius 2 is 1.62 bits per heavy atom. The van der Waals surface area contributed by atoms with E-state index in [2.05, 4.69) is 6.92 Å². The van der Waals surface area contributed by atoms with Crippen LogP contribution in [0.3, 0.4) is 0 Å². The molecule has 0 spiro atoms. The second-order valence-corrected chi connectivity index (χ2v) is 8.88. The standard InChI is InChI=1S/C21H33BO4/c1-8-9-14-24-18(23)19(2,3)15-16-10-12-17(13-11-16)22-25-20(4,5)21(6,7)26-22/h10-13H,8-9,14-15H2,1-7H3. The van der Waals surface area contributed by atoms with Crippen LogP contribution >= 0.6 is 0 Å². The Morgan fingerprint density at radius 3 is 2.12 bits per heavy atom. The molecule has 0 aromatic heterocycles. The third kappa shape index (κ3) is 4.69. The molecule has 1 aromatic rings. The zero-order valence-corrected chi connectivity index (χ0v) is 17.3. The van der Waals surface area contributed by atoms with Crippen molar-refractivity contribution in [1.82, 2.24) is 0 Å². The predicted octanol–water partition coefficient (Wildman–Crippen LogP) is 3.90. The van der Waals surface area contributed by atoms with Crippen molar-refractivity contribution in [2.24, 2.45) is 5.41 Å². The summed E-state index contributed by atoms with van der Waals surface area (Å²) in [6, 6.07) is 8.13. The molecule has 2 rings (SSSR count). The Morgan fingerprint density at radius 1 is 1.08 bits per heavy atom. The summed E-state index contributed by atoms with van der Waals surface area (Å²) in [7, 11) is -0.360. The Balaban J connectivity index is 2.00. The Kier molecular flexibility index (Phi) is 6.24. The van der Waals surface area contributed by atoms with E-state index in [1.807, 2.05) is 65.8 Å². The minimum Gasteiger partial charge on any atom is -0.465 e. The maximum absolute atomic E-state index is 12.3. The van der Waals surface area contributed by atoms with E-state index < -0.39 is 5.41 Å². The maximum atomic E-state index is 12.3. The van der Waals surface area contributed by atoms with Crippen LogP contribution in [0.25, 0.3) is 0 Å². The monoisotopic (exact) mass is 360 g/mol. The molecule has 0 bridgehead atoms. The molecule has 144 valence electrons. The molecule has 0 unspecified atom stereocenters. The van der Waals surface area contributed by atoms with Crippen molar-refractivity contribution in [1.29, 1.82) is 0 Å². The van der Waals surface area contributed by atoms with E-state index in [-0.39, 0.29) is 24.3 Å². The molecule has 4 nitrogen and oxygen atoms in total. The van der Waals surface area contributed by atoms with Crippen LogP contribution in [0.15, 0.2) is 24.3 Å². The van der Waals surface area contributed by atoms with Gasteiger partial charge in [-0.3, -0.25) is 4.79 Å². The summed E-state index contributed by atoms with van der Waals surface area (Å²) in [4.78, 5) is 12.3. The lowest BCUT2D eigenvalue weighted by Gasteiger charge is -2.32. The third-order valence-electron chi connectivity index (χ3n) is 5.43. The van der Waals surface area contributed by atoms with Crippen molar-refractivity contribution in [3.8, 4) is 0 Å². The number of carbonyl (C=O) groups excluding carboxylic acids is 1. The molecule has 26 heavy (non-hydrogen) atoms. The Bertz CT molecular complexity index is 603. The van der Waals surface area contributed by atoms with Crippen LogP contribution in [-0.2, 0) is 25.3 Å². The fourth-order valence-corrected chi connectivity index (χ4v) is 2.86. The number of ether oxygens (including phenoxy) is 1. The first kappa shape index (κ1) is 21.0. The summed E-state index contributed by atoms with van der Waals surface area (Å²) in [6.07, 6.45) is 2.57. The van der Waals surface area contributed by atoms with Crippen LogP contribution in [0.5, 0.6) is 0 Å². The lowest BCUT2D eigenvalue weighted by molar-refractivity contribution is -0.154. The summed E-state index contributed by atoms with van der Waals surface area (Å²) >= 11 is 0. The summed E-state index contributed by atoms with van der Waals surface area (Å²) in [5, 5.41) is 0. The number of rotatable bonds is 7. The smallest absolute Gasteiger partial charge is 0.465 e. The molecule has 1 saturated heterocycles. The number of benzene rings is 1. The molecule has 0 atom stereocenters. The first-order chi connectivity index (χ1) is 12.0. The molecule has 1 aliphatic rings. The summed E-state index contributed by atoms with van der Waals surface area (Å²) in [5.41, 5.74) is 0.860. The van der Waals surface area contributed by atoms with E-state index in [0.717, 1.165) is 23.9 Å². The van der Waals surface area contributed by atoms with Crippen LogP contribution in [0.1, 0.15) is 66.9 Å². The third-order valence-corrected chi connectivity index (χ3v) is 5.43. The van der Waals surface area contributed by atoms with Gasteiger partial charge in [-0.05, 0) is 65.4 Å². The van der Waals surface area contributed by atoms with Gasteiger partial charge in [0.2, 0.25) is 0 Å². The van der Waals surface area contributed by atoms with Gasteiger partial charge in [-0.15, -0.1) is 0 Å². The molecular weight excluding hydrogens is 327 g/mol. The van der Waals surface area contributed by atoms with E-state index in [1.165, 1.54) is 0 Å². The fraction of sp³-hybridized carbons (Fsp3) is 0.667. The highest BCUT2D eigenvalue weighted by Gasteiger charge is 2.51. The van der Waals surface area contributed by atoms with Gasteiger partial charge in [0.15, 0.2) is 0 Å². The van der Waals surface area contributed by atoms with Gasteiger partial charge in [-0.25, -0.2) is 0 Å². The topological polar surface area (TPSA) is 44.8 Å². The SMILES string of the molecule is CCCCOC(=O)C(C)(C)Cc1ccc(B2OC(C)(C)C(C)(C)O2)cc1. The zero-order valence-electron chi connectivity index (χ0n) is 17.3. The van der Waals surface area contributed by atoms with E-state index in [4.69, 9.17) is 14.0 Å². The van der Waals surface area contributed by atoms with Gasteiger partial charge < -0.3 is 14.0 Å². The lowest BCUT2D eigenvalue weighted by Crippen LogP contribution is -2.41. The minimum absolute atomic E-state index is 0.138. The first-order valence-electron chi connectivity index (χ1n) is 9.60. The molecule has 1 aliphatic heterocycles. The van der Waals surface area contributed by atoms with Gasteiger partial charge in [-0.1, -0.05) is 37.6 Å². The normalized spacial score (nSPS) is 18.8. The van der Waals surface area contributed by atoms with Crippen molar-refractivity contribution < 1.29 is 18.8 Å². The van der Waals surface area contributed by atoms with E-state index in [0.29, 0.717) is 13.0 Å². The Hall–Kier alpha value is -1.33. The highest BCUT2D eigenvalue weighted by Crippen LogP contribution is 2.36. The number of hydrogen-bond acceptors (Lipinski definition) is 4. The first-order valence-corrected chi connectivity index (χ1v) is 9.60. The molecule has 1 aromatic carbocycles. The van der Waals surface area contributed by atoms with Gasteiger partial charge in [0.25, 0.3) is 0 Å². The van der Waals surface area contributed by atoms with Gasteiger partial charge in [0.1, 0.15) is 0 Å². The van der Waals surface area contributed by atoms with Crippen LogP contribution < -0.4 is 5.46 Å². The van der Waals surface area contributed by atoms with E-state index in [1.54, 1.807) is 0 Å².